The molecule has 1 amide bonds. The van der Waals surface area contributed by atoms with Crippen LogP contribution in [0.2, 0.25) is 0 Å². The Morgan fingerprint density at radius 3 is 2.65 bits per heavy atom. The Labute approximate surface area is 223 Å². The zero-order valence-electron chi connectivity index (χ0n) is 19.9. The first-order valence-corrected chi connectivity index (χ1v) is 13.4. The summed E-state index contributed by atoms with van der Waals surface area (Å²) < 4.78 is 4.75. The van der Waals surface area contributed by atoms with Crippen LogP contribution >= 0.6 is 23.3 Å². The Bertz CT molecular complexity index is 1470. The summed E-state index contributed by atoms with van der Waals surface area (Å²) in [7, 11) is 0. The second kappa shape index (κ2) is 11.6. The standard InChI is InChI=1S/C28H26N6OS2/c29-26(30)19-7-3-6-18(14-19)15-24(28-33-23-11-1-2-12-25(23)36-28)34-37-22-10-4-9-21(16-22)32-27(35)20-8-5-13-31-17-20/h1-14,16-17,24,26,34H,15,29-30H2,(H,32,35)/t24-/m1/s1. The number of pyridine rings is 1. The van der Waals surface area contributed by atoms with Crippen molar-refractivity contribution in [3.8, 4) is 0 Å². The van der Waals surface area contributed by atoms with Crippen LogP contribution < -0.4 is 21.5 Å². The van der Waals surface area contributed by atoms with E-state index in [4.69, 9.17) is 16.5 Å². The lowest BCUT2D eigenvalue weighted by molar-refractivity contribution is 0.102. The van der Waals surface area contributed by atoms with Gasteiger partial charge in [0, 0.05) is 23.0 Å². The summed E-state index contributed by atoms with van der Waals surface area (Å²) in [6.07, 6.45) is 3.38. The number of benzene rings is 3. The van der Waals surface area contributed by atoms with Gasteiger partial charge < -0.3 is 16.8 Å². The molecule has 0 spiro atoms. The van der Waals surface area contributed by atoms with E-state index in [9.17, 15) is 4.79 Å². The molecule has 0 bridgehead atoms. The van der Waals surface area contributed by atoms with E-state index < -0.39 is 6.17 Å². The zero-order valence-corrected chi connectivity index (χ0v) is 21.5. The molecular formula is C28H26N6OS2. The molecule has 2 heterocycles. The third-order valence-electron chi connectivity index (χ3n) is 5.72. The molecule has 0 saturated carbocycles. The number of nitrogens with zero attached hydrogens (tertiary/aromatic N) is 2. The summed E-state index contributed by atoms with van der Waals surface area (Å²) in [5.74, 6) is -0.200. The van der Waals surface area contributed by atoms with Crippen LogP contribution in [0.1, 0.15) is 38.7 Å². The maximum atomic E-state index is 12.5. The number of hydrogen-bond acceptors (Lipinski definition) is 8. The van der Waals surface area contributed by atoms with Crippen LogP contribution in [0.15, 0.2) is 102 Å². The number of hydrogen-bond donors (Lipinski definition) is 4. The van der Waals surface area contributed by atoms with Crippen LogP contribution in [0.4, 0.5) is 5.69 Å². The van der Waals surface area contributed by atoms with E-state index in [0.29, 0.717) is 17.7 Å². The van der Waals surface area contributed by atoms with Gasteiger partial charge in [0.05, 0.1) is 28.0 Å². The smallest absolute Gasteiger partial charge is 0.257 e. The van der Waals surface area contributed by atoms with Gasteiger partial charge in [-0.1, -0.05) is 42.5 Å². The molecule has 0 aliphatic rings. The summed E-state index contributed by atoms with van der Waals surface area (Å²) in [6.45, 7) is 0. The largest absolute Gasteiger partial charge is 0.322 e. The number of nitrogens with two attached hydrogens (primary N) is 2. The van der Waals surface area contributed by atoms with Crippen molar-refractivity contribution in [3.05, 3.63) is 119 Å². The normalized spacial score (nSPS) is 12.1. The molecule has 7 nitrogen and oxygen atoms in total. The number of aromatic nitrogens is 2. The van der Waals surface area contributed by atoms with Crippen molar-refractivity contribution in [3.63, 3.8) is 0 Å². The minimum atomic E-state index is -0.521. The molecule has 9 heteroatoms. The fourth-order valence-electron chi connectivity index (χ4n) is 3.86. The number of fused-ring (bicyclic) bond motifs is 1. The molecule has 0 aliphatic heterocycles. The van der Waals surface area contributed by atoms with Crippen molar-refractivity contribution in [2.45, 2.75) is 23.5 Å². The van der Waals surface area contributed by atoms with Gasteiger partial charge in [-0.2, -0.15) is 0 Å². The maximum Gasteiger partial charge on any atom is 0.257 e. The molecule has 1 atom stereocenters. The van der Waals surface area contributed by atoms with E-state index in [1.54, 1.807) is 35.9 Å². The molecule has 0 unspecified atom stereocenters. The van der Waals surface area contributed by atoms with Crippen LogP contribution in [0.5, 0.6) is 0 Å². The van der Waals surface area contributed by atoms with Crippen LogP contribution in [-0.2, 0) is 6.42 Å². The van der Waals surface area contributed by atoms with Crippen molar-refractivity contribution in [2.24, 2.45) is 11.5 Å². The molecular weight excluding hydrogens is 500 g/mol. The number of anilines is 1. The first-order chi connectivity index (χ1) is 18.0. The predicted molar refractivity (Wildman–Crippen MR) is 151 cm³/mol. The van der Waals surface area contributed by atoms with E-state index >= 15 is 0 Å². The third kappa shape index (κ3) is 6.40. The van der Waals surface area contributed by atoms with Crippen LogP contribution in [-0.4, -0.2) is 15.9 Å². The van der Waals surface area contributed by atoms with E-state index in [2.05, 4.69) is 27.2 Å². The number of amides is 1. The molecule has 37 heavy (non-hydrogen) atoms. The molecule has 6 N–H and O–H groups in total. The van der Waals surface area contributed by atoms with Gasteiger partial charge in [0.25, 0.3) is 5.91 Å². The third-order valence-corrected chi connectivity index (χ3v) is 7.76. The monoisotopic (exact) mass is 526 g/mol. The average molecular weight is 527 g/mol. The number of carbonyl (C=O) groups excluding carboxylic acids is 1. The Morgan fingerprint density at radius 1 is 0.973 bits per heavy atom. The summed E-state index contributed by atoms with van der Waals surface area (Å²) >= 11 is 3.18. The molecule has 0 aliphatic carbocycles. The highest BCUT2D eigenvalue weighted by Crippen LogP contribution is 2.31. The van der Waals surface area contributed by atoms with Gasteiger partial charge in [0.1, 0.15) is 5.01 Å². The maximum absolute atomic E-state index is 12.5. The number of thiazole rings is 1. The fraction of sp³-hybridized carbons (Fsp3) is 0.107. The first kappa shape index (κ1) is 25.1. The van der Waals surface area contributed by atoms with Gasteiger partial charge >= 0.3 is 0 Å². The molecule has 0 fully saturated rings. The molecule has 3 aromatic carbocycles. The SMILES string of the molecule is NC(N)c1cccc(C[C@@H](NSc2cccc(NC(=O)c3cccnc3)c2)c2nc3ccccc3s2)c1. The lowest BCUT2D eigenvalue weighted by Crippen LogP contribution is -2.21. The zero-order chi connectivity index (χ0) is 25.6. The van der Waals surface area contributed by atoms with Crippen molar-refractivity contribution in [2.75, 3.05) is 5.32 Å². The summed E-state index contributed by atoms with van der Waals surface area (Å²) in [4.78, 5) is 22.4. The lowest BCUT2D eigenvalue weighted by Gasteiger charge is -2.17. The molecule has 5 aromatic rings. The summed E-state index contributed by atoms with van der Waals surface area (Å²) in [6, 6.07) is 27.3. The van der Waals surface area contributed by atoms with Crippen molar-refractivity contribution >= 4 is 45.1 Å². The molecule has 5 rings (SSSR count). The Hall–Kier alpha value is -3.60. The predicted octanol–water partition coefficient (Wildman–Crippen LogP) is 5.44. The molecule has 2 aromatic heterocycles. The Balaban J connectivity index is 1.35. The van der Waals surface area contributed by atoms with E-state index in [-0.39, 0.29) is 11.9 Å². The van der Waals surface area contributed by atoms with Crippen LogP contribution in [0.3, 0.4) is 0 Å². The Kier molecular flexibility index (Phi) is 7.88. The summed E-state index contributed by atoms with van der Waals surface area (Å²) in [5, 5.41) is 3.94. The van der Waals surface area contributed by atoms with E-state index in [0.717, 1.165) is 31.2 Å². The second-order valence-electron chi connectivity index (χ2n) is 8.49. The highest BCUT2D eigenvalue weighted by Gasteiger charge is 2.18. The van der Waals surface area contributed by atoms with Crippen LogP contribution in [0, 0.1) is 0 Å². The highest BCUT2D eigenvalue weighted by molar-refractivity contribution is 7.97. The van der Waals surface area contributed by atoms with Gasteiger partial charge in [-0.05, 0) is 72.0 Å². The number of nitrogens with one attached hydrogen (secondary N) is 2. The molecule has 186 valence electrons. The highest BCUT2D eigenvalue weighted by atomic mass is 32.2. The van der Waals surface area contributed by atoms with E-state index in [1.807, 2.05) is 60.7 Å². The van der Waals surface area contributed by atoms with Gasteiger partial charge in [0.2, 0.25) is 0 Å². The topological polar surface area (TPSA) is 119 Å². The number of carbonyl (C=O) groups is 1. The van der Waals surface area contributed by atoms with Crippen LogP contribution in [0.25, 0.3) is 10.2 Å². The van der Waals surface area contributed by atoms with Crippen molar-refractivity contribution in [1.29, 1.82) is 0 Å². The first-order valence-electron chi connectivity index (χ1n) is 11.7. The summed E-state index contributed by atoms with van der Waals surface area (Å²) in [5.41, 5.74) is 16.0. The quantitative estimate of drug-likeness (QED) is 0.149. The second-order valence-corrected chi connectivity index (χ2v) is 10.5. The number of para-hydroxylation sites is 1. The van der Waals surface area contributed by atoms with Crippen molar-refractivity contribution < 1.29 is 4.79 Å². The lowest BCUT2D eigenvalue weighted by atomic mass is 10.0. The van der Waals surface area contributed by atoms with E-state index in [1.165, 1.54) is 11.9 Å². The van der Waals surface area contributed by atoms with Gasteiger partial charge in [-0.3, -0.25) is 9.78 Å². The Morgan fingerprint density at radius 2 is 1.84 bits per heavy atom. The average Bonchev–Trinajstić information content (AvgIpc) is 3.36. The van der Waals surface area contributed by atoms with Crippen molar-refractivity contribution in [1.82, 2.24) is 14.7 Å². The molecule has 0 saturated heterocycles. The van der Waals surface area contributed by atoms with Gasteiger partial charge in [-0.15, -0.1) is 11.3 Å². The molecule has 0 radical (unpaired) electrons. The van der Waals surface area contributed by atoms with Gasteiger partial charge in [0.15, 0.2) is 0 Å². The fourth-order valence-corrected chi connectivity index (χ4v) is 5.76. The minimum Gasteiger partial charge on any atom is -0.322 e. The number of rotatable bonds is 9. The minimum absolute atomic E-state index is 0.0553. The van der Waals surface area contributed by atoms with Gasteiger partial charge in [-0.25, -0.2) is 9.71 Å².